The molecule has 4 rings (SSSR count). The molecule has 1 aromatic rings. The van der Waals surface area contributed by atoms with Crippen LogP contribution in [0, 0.1) is 11.7 Å². The third-order valence-electron chi connectivity index (χ3n) is 6.36. The van der Waals surface area contributed by atoms with Crippen LogP contribution in [0.15, 0.2) is 18.2 Å². The van der Waals surface area contributed by atoms with Crippen molar-refractivity contribution < 1.29 is 14.0 Å². The number of benzene rings is 1. The zero-order valence-corrected chi connectivity index (χ0v) is 15.9. The van der Waals surface area contributed by atoms with Gasteiger partial charge < -0.3 is 15.1 Å². The predicted octanol–water partition coefficient (Wildman–Crippen LogP) is 2.60. The van der Waals surface area contributed by atoms with Crippen LogP contribution in [0.1, 0.15) is 49.4 Å². The topological polar surface area (TPSA) is 52.7 Å². The number of amides is 1. The molecule has 3 aliphatic heterocycles. The molecule has 5 nitrogen and oxygen atoms in total. The second-order valence-corrected chi connectivity index (χ2v) is 8.27. The van der Waals surface area contributed by atoms with Crippen molar-refractivity contribution in [1.82, 2.24) is 10.2 Å². The number of carbonyl (C=O) groups is 2. The van der Waals surface area contributed by atoms with Gasteiger partial charge in [-0.3, -0.25) is 9.59 Å². The molecule has 0 saturated carbocycles. The van der Waals surface area contributed by atoms with E-state index in [0.717, 1.165) is 12.8 Å². The van der Waals surface area contributed by atoms with Gasteiger partial charge in [-0.15, -0.1) is 0 Å². The first-order chi connectivity index (χ1) is 13.0. The van der Waals surface area contributed by atoms with E-state index >= 15 is 0 Å². The van der Waals surface area contributed by atoms with Crippen molar-refractivity contribution in [3.05, 3.63) is 29.6 Å². The largest absolute Gasteiger partial charge is 0.366 e. The van der Waals surface area contributed by atoms with E-state index in [1.807, 2.05) is 9.80 Å². The summed E-state index contributed by atoms with van der Waals surface area (Å²) in [5.74, 6) is 0.245. The number of anilines is 1. The maximum absolute atomic E-state index is 14.4. The van der Waals surface area contributed by atoms with Gasteiger partial charge in [0.05, 0.1) is 5.69 Å². The maximum atomic E-state index is 14.4. The molecular formula is C21H28FN3O2. The Balaban J connectivity index is 1.31. The van der Waals surface area contributed by atoms with Gasteiger partial charge in [0.2, 0.25) is 5.91 Å². The van der Waals surface area contributed by atoms with Crippen molar-refractivity contribution in [2.75, 3.05) is 31.1 Å². The molecule has 0 radical (unpaired) electrons. The van der Waals surface area contributed by atoms with Gasteiger partial charge in [-0.2, -0.15) is 0 Å². The third kappa shape index (κ3) is 4.00. The Morgan fingerprint density at radius 1 is 1.11 bits per heavy atom. The number of Topliss-reactive ketones (excluding diaryl/α,β-unsaturated/α-hetero) is 1. The van der Waals surface area contributed by atoms with E-state index in [9.17, 15) is 14.0 Å². The summed E-state index contributed by atoms with van der Waals surface area (Å²) in [6.07, 6.45) is 5.40. The first kappa shape index (κ1) is 18.4. The highest BCUT2D eigenvalue weighted by Gasteiger charge is 2.35. The van der Waals surface area contributed by atoms with E-state index in [-0.39, 0.29) is 17.5 Å². The molecule has 2 atom stereocenters. The molecule has 1 aromatic carbocycles. The van der Waals surface area contributed by atoms with Crippen LogP contribution in [0.4, 0.5) is 10.1 Å². The fraction of sp³-hybridized carbons (Fsp3) is 0.619. The number of carbonyl (C=O) groups excluding carboxylic acids is 2. The van der Waals surface area contributed by atoms with Crippen LogP contribution in [0.2, 0.25) is 0 Å². The van der Waals surface area contributed by atoms with Crippen molar-refractivity contribution in [2.45, 2.75) is 51.1 Å². The molecule has 2 bridgehead atoms. The highest BCUT2D eigenvalue weighted by atomic mass is 19.1. The minimum Gasteiger partial charge on any atom is -0.366 e. The van der Waals surface area contributed by atoms with E-state index in [0.29, 0.717) is 61.9 Å². The second-order valence-electron chi connectivity index (χ2n) is 8.27. The summed E-state index contributed by atoms with van der Waals surface area (Å²) in [5.41, 5.74) is 0.906. The van der Waals surface area contributed by atoms with Crippen LogP contribution in [0.3, 0.4) is 0 Å². The number of piperazine rings is 1. The maximum Gasteiger partial charge on any atom is 0.222 e. The number of ketones is 1. The second kappa shape index (κ2) is 7.58. The Hall–Kier alpha value is -1.95. The Kier molecular flexibility index (Phi) is 5.17. The van der Waals surface area contributed by atoms with Crippen molar-refractivity contribution >= 4 is 17.4 Å². The Morgan fingerprint density at radius 2 is 1.78 bits per heavy atom. The molecule has 3 heterocycles. The Labute approximate surface area is 159 Å². The van der Waals surface area contributed by atoms with Gasteiger partial charge in [-0.25, -0.2) is 4.39 Å². The molecule has 6 heteroatoms. The molecule has 1 N–H and O–H groups in total. The van der Waals surface area contributed by atoms with Crippen LogP contribution in [-0.2, 0) is 4.79 Å². The zero-order chi connectivity index (χ0) is 19.0. The van der Waals surface area contributed by atoms with Gasteiger partial charge in [0, 0.05) is 50.2 Å². The van der Waals surface area contributed by atoms with Crippen LogP contribution in [-0.4, -0.2) is 54.9 Å². The molecule has 3 saturated heterocycles. The van der Waals surface area contributed by atoms with Crippen molar-refractivity contribution in [2.24, 2.45) is 5.92 Å². The molecule has 0 aliphatic carbocycles. The van der Waals surface area contributed by atoms with Crippen LogP contribution in [0.25, 0.3) is 0 Å². The summed E-state index contributed by atoms with van der Waals surface area (Å²) in [6.45, 7) is 3.95. The number of rotatable bonds is 4. The number of nitrogens with zero attached hydrogens (tertiary/aromatic N) is 2. The normalized spacial score (nSPS) is 27.7. The van der Waals surface area contributed by atoms with Gasteiger partial charge in [0.1, 0.15) is 5.82 Å². The minimum atomic E-state index is -0.368. The van der Waals surface area contributed by atoms with Gasteiger partial charge >= 0.3 is 0 Å². The molecule has 3 fully saturated rings. The molecular weight excluding hydrogens is 345 g/mol. The summed E-state index contributed by atoms with van der Waals surface area (Å²) < 4.78 is 14.4. The fourth-order valence-electron chi connectivity index (χ4n) is 4.90. The average molecular weight is 373 g/mol. The number of nitrogens with one attached hydrogen (secondary N) is 1. The number of halogens is 1. The molecule has 1 amide bonds. The number of piperidine rings is 1. The smallest absolute Gasteiger partial charge is 0.222 e. The molecule has 146 valence electrons. The highest BCUT2D eigenvalue weighted by Crippen LogP contribution is 2.33. The standard InChI is InChI=1S/C21H28FN3O2/c1-14(26)16-2-5-20(19(22)13-16)24-6-8-25(9-7-24)21(27)12-15-10-17-3-4-18(11-15)23-17/h2,5,13,15,17-18,23H,3-4,6-12H2,1H3. The SMILES string of the molecule is CC(=O)c1ccc(N2CCN(C(=O)CC3CC4CCC(C3)N4)CC2)c(F)c1. The molecule has 3 aliphatic rings. The molecule has 27 heavy (non-hydrogen) atoms. The van der Waals surface area contributed by atoms with Gasteiger partial charge in [-0.05, 0) is 56.7 Å². The van der Waals surface area contributed by atoms with Crippen molar-refractivity contribution in [3.63, 3.8) is 0 Å². The van der Waals surface area contributed by atoms with Gasteiger partial charge in [0.15, 0.2) is 5.78 Å². The first-order valence-corrected chi connectivity index (χ1v) is 10.1. The minimum absolute atomic E-state index is 0.137. The lowest BCUT2D eigenvalue weighted by Gasteiger charge is -2.37. The fourth-order valence-corrected chi connectivity index (χ4v) is 4.90. The summed E-state index contributed by atoms with van der Waals surface area (Å²) in [7, 11) is 0. The predicted molar refractivity (Wildman–Crippen MR) is 102 cm³/mol. The van der Waals surface area contributed by atoms with Gasteiger partial charge in [-0.1, -0.05) is 0 Å². The van der Waals surface area contributed by atoms with E-state index in [2.05, 4.69) is 5.32 Å². The average Bonchev–Trinajstić information content (AvgIpc) is 3.00. The summed E-state index contributed by atoms with van der Waals surface area (Å²) in [4.78, 5) is 28.0. The van der Waals surface area contributed by atoms with E-state index in [1.54, 1.807) is 12.1 Å². The quantitative estimate of drug-likeness (QED) is 0.825. The highest BCUT2D eigenvalue weighted by molar-refractivity contribution is 5.94. The molecule has 0 aromatic heterocycles. The Morgan fingerprint density at radius 3 is 2.37 bits per heavy atom. The monoisotopic (exact) mass is 373 g/mol. The zero-order valence-electron chi connectivity index (χ0n) is 15.9. The van der Waals surface area contributed by atoms with E-state index in [1.165, 1.54) is 25.8 Å². The van der Waals surface area contributed by atoms with Crippen molar-refractivity contribution in [1.29, 1.82) is 0 Å². The Bertz CT molecular complexity index is 718. The lowest BCUT2D eigenvalue weighted by molar-refractivity contribution is -0.132. The number of hydrogen-bond donors (Lipinski definition) is 1. The van der Waals surface area contributed by atoms with Crippen LogP contribution in [0.5, 0.6) is 0 Å². The summed E-state index contributed by atoms with van der Waals surface area (Å²) in [5, 5.41) is 3.63. The lowest BCUT2D eigenvalue weighted by Crippen LogP contribution is -2.49. The van der Waals surface area contributed by atoms with Crippen LogP contribution < -0.4 is 10.2 Å². The number of fused-ring (bicyclic) bond motifs is 2. The van der Waals surface area contributed by atoms with Crippen LogP contribution >= 0.6 is 0 Å². The lowest BCUT2D eigenvalue weighted by atomic mass is 9.89. The third-order valence-corrected chi connectivity index (χ3v) is 6.36. The van der Waals surface area contributed by atoms with Crippen molar-refractivity contribution in [3.8, 4) is 0 Å². The summed E-state index contributed by atoms with van der Waals surface area (Å²) in [6, 6.07) is 5.87. The molecule has 0 spiro atoms. The molecule has 2 unspecified atom stereocenters. The van der Waals surface area contributed by atoms with Gasteiger partial charge in [0.25, 0.3) is 0 Å². The number of hydrogen-bond acceptors (Lipinski definition) is 4. The van der Waals surface area contributed by atoms with E-state index < -0.39 is 0 Å². The first-order valence-electron chi connectivity index (χ1n) is 10.1. The summed E-state index contributed by atoms with van der Waals surface area (Å²) >= 11 is 0. The van der Waals surface area contributed by atoms with E-state index in [4.69, 9.17) is 0 Å².